The quantitative estimate of drug-likeness (QED) is 0.815. The topological polar surface area (TPSA) is 56.7 Å². The Morgan fingerprint density at radius 3 is 2.93 bits per heavy atom. The van der Waals surface area contributed by atoms with Crippen molar-refractivity contribution in [1.29, 1.82) is 0 Å². The van der Waals surface area contributed by atoms with Gasteiger partial charge in [-0.2, -0.15) is 5.10 Å². The molecule has 1 aromatic carbocycles. The highest BCUT2D eigenvalue weighted by Gasteiger charge is 2.00. The van der Waals surface area contributed by atoms with Crippen molar-refractivity contribution < 1.29 is 0 Å². The highest BCUT2D eigenvalue weighted by molar-refractivity contribution is 6.30. The molecule has 0 fully saturated rings. The van der Waals surface area contributed by atoms with E-state index in [1.165, 1.54) is 6.33 Å². The van der Waals surface area contributed by atoms with Gasteiger partial charge in [0.15, 0.2) is 0 Å². The second-order valence-corrected chi connectivity index (χ2v) is 3.34. The van der Waals surface area contributed by atoms with E-state index in [4.69, 9.17) is 17.3 Å². The third kappa shape index (κ3) is 1.85. The van der Waals surface area contributed by atoms with E-state index in [1.54, 1.807) is 4.68 Å². The summed E-state index contributed by atoms with van der Waals surface area (Å²) in [7, 11) is 0. The van der Waals surface area contributed by atoms with Gasteiger partial charge in [0.05, 0.1) is 6.54 Å². The molecule has 2 rings (SSSR count). The Bertz CT molecular complexity index is 438. The van der Waals surface area contributed by atoms with Crippen LogP contribution in [0.25, 0.3) is 0 Å². The van der Waals surface area contributed by atoms with Crippen LogP contribution in [0.3, 0.4) is 0 Å². The average Bonchev–Trinajstić information content (AvgIpc) is 2.52. The first kappa shape index (κ1) is 9.02. The second-order valence-electron chi connectivity index (χ2n) is 2.91. The molecule has 4 nitrogen and oxygen atoms in total. The standard InChI is InChI=1S/C9H9ClN4/c10-8-3-1-2-7(4-8)5-14-9(11)12-6-13-14/h1-4,6H,5H2,(H2,11,12,13). The molecule has 0 saturated heterocycles. The summed E-state index contributed by atoms with van der Waals surface area (Å²) in [4.78, 5) is 3.83. The van der Waals surface area contributed by atoms with Crippen LogP contribution < -0.4 is 5.73 Å². The molecule has 0 bridgehead atoms. The number of anilines is 1. The monoisotopic (exact) mass is 208 g/mol. The molecular formula is C9H9ClN4. The van der Waals surface area contributed by atoms with Crippen molar-refractivity contribution in [1.82, 2.24) is 14.8 Å². The summed E-state index contributed by atoms with van der Waals surface area (Å²) in [5, 5.41) is 4.69. The summed E-state index contributed by atoms with van der Waals surface area (Å²) in [6, 6.07) is 7.57. The smallest absolute Gasteiger partial charge is 0.218 e. The van der Waals surface area contributed by atoms with Crippen LogP contribution in [0.15, 0.2) is 30.6 Å². The van der Waals surface area contributed by atoms with Crippen LogP contribution in [-0.2, 0) is 6.54 Å². The largest absolute Gasteiger partial charge is 0.368 e. The highest BCUT2D eigenvalue weighted by Crippen LogP contribution is 2.12. The highest BCUT2D eigenvalue weighted by atomic mass is 35.5. The van der Waals surface area contributed by atoms with Gasteiger partial charge in [0.1, 0.15) is 6.33 Å². The molecule has 2 N–H and O–H groups in total. The lowest BCUT2D eigenvalue weighted by molar-refractivity contribution is 0.696. The number of benzene rings is 1. The molecule has 1 heterocycles. The van der Waals surface area contributed by atoms with E-state index >= 15 is 0 Å². The van der Waals surface area contributed by atoms with Crippen LogP contribution in [0.5, 0.6) is 0 Å². The number of rotatable bonds is 2. The number of aromatic nitrogens is 3. The number of hydrogen-bond acceptors (Lipinski definition) is 3. The molecule has 0 atom stereocenters. The molecule has 0 amide bonds. The van der Waals surface area contributed by atoms with E-state index in [0.29, 0.717) is 17.5 Å². The zero-order valence-corrected chi connectivity index (χ0v) is 8.15. The van der Waals surface area contributed by atoms with Crippen molar-refractivity contribution in [3.05, 3.63) is 41.2 Å². The Kier molecular flexibility index (Phi) is 2.37. The molecule has 0 aliphatic carbocycles. The Morgan fingerprint density at radius 2 is 2.29 bits per heavy atom. The van der Waals surface area contributed by atoms with Gasteiger partial charge >= 0.3 is 0 Å². The zero-order valence-electron chi connectivity index (χ0n) is 7.39. The minimum Gasteiger partial charge on any atom is -0.368 e. The van der Waals surface area contributed by atoms with Crippen molar-refractivity contribution in [3.8, 4) is 0 Å². The van der Waals surface area contributed by atoms with Crippen LogP contribution in [-0.4, -0.2) is 14.8 Å². The fraction of sp³-hybridized carbons (Fsp3) is 0.111. The molecule has 5 heteroatoms. The van der Waals surface area contributed by atoms with E-state index < -0.39 is 0 Å². The summed E-state index contributed by atoms with van der Waals surface area (Å²) in [5.41, 5.74) is 6.63. The number of halogens is 1. The van der Waals surface area contributed by atoms with E-state index in [1.807, 2.05) is 24.3 Å². The lowest BCUT2D eigenvalue weighted by atomic mass is 10.2. The first-order chi connectivity index (χ1) is 6.75. The van der Waals surface area contributed by atoms with Crippen molar-refractivity contribution in [2.45, 2.75) is 6.54 Å². The summed E-state index contributed by atoms with van der Waals surface area (Å²) >= 11 is 5.85. The number of nitrogens with zero attached hydrogens (tertiary/aromatic N) is 3. The van der Waals surface area contributed by atoms with Crippen LogP contribution in [0, 0.1) is 0 Å². The summed E-state index contributed by atoms with van der Waals surface area (Å²) < 4.78 is 1.62. The maximum Gasteiger partial charge on any atom is 0.218 e. The van der Waals surface area contributed by atoms with Crippen molar-refractivity contribution in [2.24, 2.45) is 0 Å². The third-order valence-electron chi connectivity index (χ3n) is 1.87. The summed E-state index contributed by atoms with van der Waals surface area (Å²) in [6.07, 6.45) is 1.43. The lowest BCUT2D eigenvalue weighted by Crippen LogP contribution is -2.06. The first-order valence-electron chi connectivity index (χ1n) is 4.13. The van der Waals surface area contributed by atoms with Gasteiger partial charge in [-0.3, -0.25) is 0 Å². The third-order valence-corrected chi connectivity index (χ3v) is 2.10. The molecule has 0 aliphatic heterocycles. The van der Waals surface area contributed by atoms with Gasteiger partial charge in [-0.05, 0) is 17.7 Å². The van der Waals surface area contributed by atoms with Gasteiger partial charge in [-0.15, -0.1) is 0 Å². The Labute approximate surface area is 86.3 Å². The maximum absolute atomic E-state index is 5.85. The van der Waals surface area contributed by atoms with Crippen LogP contribution in [0.2, 0.25) is 5.02 Å². The molecule has 72 valence electrons. The van der Waals surface area contributed by atoms with Crippen LogP contribution in [0.1, 0.15) is 5.56 Å². The predicted molar refractivity (Wildman–Crippen MR) is 55.0 cm³/mol. The van der Waals surface area contributed by atoms with E-state index in [9.17, 15) is 0 Å². The molecule has 0 unspecified atom stereocenters. The summed E-state index contributed by atoms with van der Waals surface area (Å²) in [5.74, 6) is 0.407. The zero-order chi connectivity index (χ0) is 9.97. The molecular weight excluding hydrogens is 200 g/mol. The predicted octanol–water partition coefficient (Wildman–Crippen LogP) is 1.56. The molecule has 14 heavy (non-hydrogen) atoms. The van der Waals surface area contributed by atoms with Crippen LogP contribution >= 0.6 is 11.6 Å². The van der Waals surface area contributed by atoms with Crippen LogP contribution in [0.4, 0.5) is 5.95 Å². The van der Waals surface area contributed by atoms with Gasteiger partial charge in [-0.1, -0.05) is 23.7 Å². The molecule has 2 aromatic rings. The molecule has 1 aromatic heterocycles. The van der Waals surface area contributed by atoms with Gasteiger partial charge < -0.3 is 5.73 Å². The normalized spacial score (nSPS) is 10.4. The molecule has 0 spiro atoms. The van der Waals surface area contributed by atoms with Gasteiger partial charge in [-0.25, -0.2) is 9.67 Å². The van der Waals surface area contributed by atoms with Gasteiger partial charge in [0.25, 0.3) is 0 Å². The van der Waals surface area contributed by atoms with E-state index in [-0.39, 0.29) is 0 Å². The van der Waals surface area contributed by atoms with Crippen molar-refractivity contribution in [2.75, 3.05) is 5.73 Å². The molecule has 0 aliphatic rings. The molecule has 0 saturated carbocycles. The number of nitrogen functional groups attached to an aromatic ring is 1. The Balaban J connectivity index is 2.23. The number of nitrogens with two attached hydrogens (primary N) is 1. The summed E-state index contributed by atoms with van der Waals surface area (Å²) in [6.45, 7) is 0.590. The molecule has 0 radical (unpaired) electrons. The minimum atomic E-state index is 0.407. The Morgan fingerprint density at radius 1 is 1.43 bits per heavy atom. The maximum atomic E-state index is 5.85. The van der Waals surface area contributed by atoms with Crippen molar-refractivity contribution >= 4 is 17.5 Å². The van der Waals surface area contributed by atoms with E-state index in [0.717, 1.165) is 5.56 Å². The number of hydrogen-bond donors (Lipinski definition) is 1. The Hall–Kier alpha value is -1.55. The minimum absolute atomic E-state index is 0.407. The van der Waals surface area contributed by atoms with Gasteiger partial charge in [0.2, 0.25) is 5.95 Å². The van der Waals surface area contributed by atoms with E-state index in [2.05, 4.69) is 10.1 Å². The fourth-order valence-electron chi connectivity index (χ4n) is 1.20. The average molecular weight is 209 g/mol. The van der Waals surface area contributed by atoms with Gasteiger partial charge in [0, 0.05) is 5.02 Å². The lowest BCUT2D eigenvalue weighted by Gasteiger charge is -2.02. The fourth-order valence-corrected chi connectivity index (χ4v) is 1.42. The second kappa shape index (κ2) is 3.67. The SMILES string of the molecule is Nc1ncnn1Cc1cccc(Cl)c1. The first-order valence-corrected chi connectivity index (χ1v) is 4.51. The van der Waals surface area contributed by atoms with Crippen molar-refractivity contribution in [3.63, 3.8) is 0 Å².